The first-order chi connectivity index (χ1) is 11.6. The Morgan fingerprint density at radius 3 is 2.71 bits per heavy atom. The van der Waals surface area contributed by atoms with Crippen LogP contribution in [-0.4, -0.2) is 65.7 Å². The third kappa shape index (κ3) is 10.8. The van der Waals surface area contributed by atoms with Crippen molar-refractivity contribution in [3.8, 4) is 5.75 Å². The van der Waals surface area contributed by atoms with E-state index in [9.17, 15) is 4.79 Å². The third-order valence-corrected chi connectivity index (χ3v) is 4.78. The van der Waals surface area contributed by atoms with Crippen molar-refractivity contribution in [3.63, 3.8) is 0 Å². The number of hydrogen-bond acceptors (Lipinski definition) is 6. The highest BCUT2D eigenvalue weighted by Crippen LogP contribution is 2.13. The molecule has 1 rings (SSSR count). The molecule has 0 aliphatic heterocycles. The molecular weight excluding hydrogens is 342 g/mol. The monoisotopic (exact) mass is 371 g/mol. The van der Waals surface area contributed by atoms with Gasteiger partial charge in [-0.05, 0) is 39.1 Å². The number of para-hydroxylation sites is 1. The second-order valence-electron chi connectivity index (χ2n) is 5.52. The van der Waals surface area contributed by atoms with E-state index in [4.69, 9.17) is 13.9 Å². The van der Waals surface area contributed by atoms with Gasteiger partial charge in [0.05, 0.1) is 6.61 Å². The summed E-state index contributed by atoms with van der Waals surface area (Å²) in [4.78, 5) is 13.9. The second kappa shape index (κ2) is 13.4. The summed E-state index contributed by atoms with van der Waals surface area (Å²) < 4.78 is 16.9. The molecule has 0 radical (unpaired) electrons. The number of thioether (sulfide) groups is 1. The van der Waals surface area contributed by atoms with Gasteiger partial charge in [-0.15, -0.1) is 0 Å². The van der Waals surface area contributed by atoms with Crippen LogP contribution in [0.25, 0.3) is 0 Å². The minimum atomic E-state index is -0.501. The van der Waals surface area contributed by atoms with Crippen LogP contribution in [0, 0.1) is 0 Å². The highest BCUT2D eigenvalue weighted by Gasteiger charge is 2.10. The molecule has 0 aliphatic carbocycles. The molecule has 1 unspecified atom stereocenters. The molecule has 5 nitrogen and oxygen atoms in total. The largest absolute Gasteiger partial charge is 0.485 e. The molecule has 136 valence electrons. The van der Waals surface area contributed by atoms with Gasteiger partial charge in [0.25, 0.3) is 0 Å². The van der Waals surface area contributed by atoms with E-state index in [1.807, 2.05) is 44.4 Å². The number of hydrogen-bond donors (Lipinski definition) is 0. The van der Waals surface area contributed by atoms with Crippen molar-refractivity contribution in [2.45, 2.75) is 25.7 Å². The van der Waals surface area contributed by atoms with Crippen molar-refractivity contribution in [3.05, 3.63) is 30.3 Å². The third-order valence-electron chi connectivity index (χ3n) is 3.14. The predicted molar refractivity (Wildman–Crippen MR) is 102 cm³/mol. The van der Waals surface area contributed by atoms with Gasteiger partial charge < -0.3 is 18.8 Å². The van der Waals surface area contributed by atoms with Gasteiger partial charge >= 0.3 is 0 Å². The molecule has 0 heterocycles. The van der Waals surface area contributed by atoms with Crippen molar-refractivity contribution in [2.24, 2.45) is 0 Å². The molecule has 0 saturated carbocycles. The Labute approximate surface area is 152 Å². The number of rotatable bonds is 13. The molecular formula is C17H29NO4SSi. The second-order valence-corrected chi connectivity index (χ2v) is 7.59. The maximum Gasteiger partial charge on any atom is 0.226 e. The quantitative estimate of drug-likeness (QED) is 0.301. The molecule has 0 spiro atoms. The van der Waals surface area contributed by atoms with E-state index < -0.39 is 9.76 Å². The Kier molecular flexibility index (Phi) is 11.9. The van der Waals surface area contributed by atoms with Crippen molar-refractivity contribution in [2.75, 3.05) is 39.6 Å². The first-order valence-corrected chi connectivity index (χ1v) is 11.3. The fourth-order valence-corrected chi connectivity index (χ4v) is 3.22. The summed E-state index contributed by atoms with van der Waals surface area (Å²) in [6.45, 7) is 3.76. The summed E-state index contributed by atoms with van der Waals surface area (Å²) >= 11 is 1.31. The fourth-order valence-electron chi connectivity index (χ4n) is 1.90. The summed E-state index contributed by atoms with van der Waals surface area (Å²) in [6, 6.07) is 9.39. The summed E-state index contributed by atoms with van der Waals surface area (Å²) in [5.41, 5.74) is 0. The summed E-state index contributed by atoms with van der Waals surface area (Å²) in [6.07, 6.45) is 1.59. The molecule has 1 atom stereocenters. The summed E-state index contributed by atoms with van der Waals surface area (Å²) in [5, 5.41) is 0.0507. The van der Waals surface area contributed by atoms with Gasteiger partial charge in [0.1, 0.15) is 12.0 Å². The van der Waals surface area contributed by atoms with Gasteiger partial charge in [-0.3, -0.25) is 4.79 Å². The van der Waals surface area contributed by atoms with Crippen molar-refractivity contribution in [1.29, 1.82) is 0 Å². The lowest BCUT2D eigenvalue weighted by molar-refractivity contribution is -0.112. The minimum Gasteiger partial charge on any atom is -0.485 e. The molecule has 7 heteroatoms. The van der Waals surface area contributed by atoms with E-state index >= 15 is 0 Å². The highest BCUT2D eigenvalue weighted by atomic mass is 32.2. The van der Waals surface area contributed by atoms with Crippen LogP contribution in [0.15, 0.2) is 30.3 Å². The highest BCUT2D eigenvalue weighted by molar-refractivity contribution is 8.13. The Morgan fingerprint density at radius 1 is 1.29 bits per heavy atom. The molecule has 0 aromatic heterocycles. The molecule has 0 saturated heterocycles. The average Bonchev–Trinajstić information content (AvgIpc) is 2.57. The zero-order valence-corrected chi connectivity index (χ0v) is 17.1. The van der Waals surface area contributed by atoms with Gasteiger partial charge in [-0.1, -0.05) is 36.5 Å². The zero-order chi connectivity index (χ0) is 17.6. The van der Waals surface area contributed by atoms with E-state index in [2.05, 4.69) is 11.4 Å². The van der Waals surface area contributed by atoms with Crippen LogP contribution in [0.5, 0.6) is 5.75 Å². The molecule has 0 N–H and O–H groups in total. The number of ether oxygens (including phenoxy) is 2. The van der Waals surface area contributed by atoms with Crippen LogP contribution in [-0.2, 0) is 14.0 Å². The number of benzene rings is 1. The SMILES string of the molecule is C[SiH2]OC(CCCSC(=O)COc1ccccc1)OCCN(C)C. The van der Waals surface area contributed by atoms with Gasteiger partial charge in [0.2, 0.25) is 5.12 Å². The number of carbonyl (C=O) groups excluding carboxylic acids is 1. The Bertz CT molecular complexity index is 447. The van der Waals surface area contributed by atoms with Gasteiger partial charge in [-0.25, -0.2) is 0 Å². The number of carbonyl (C=O) groups is 1. The lowest BCUT2D eigenvalue weighted by Crippen LogP contribution is -2.25. The fraction of sp³-hybridized carbons (Fsp3) is 0.588. The first kappa shape index (κ1) is 21.2. The van der Waals surface area contributed by atoms with Crippen molar-refractivity contribution < 1.29 is 18.7 Å². The molecule has 1 aromatic carbocycles. The molecule has 0 aliphatic rings. The van der Waals surface area contributed by atoms with Crippen LogP contribution in [0.1, 0.15) is 12.8 Å². The van der Waals surface area contributed by atoms with Crippen LogP contribution in [0.3, 0.4) is 0 Å². The van der Waals surface area contributed by atoms with Gasteiger partial charge in [-0.2, -0.15) is 0 Å². The van der Waals surface area contributed by atoms with Gasteiger partial charge in [0.15, 0.2) is 16.4 Å². The average molecular weight is 372 g/mol. The lowest BCUT2D eigenvalue weighted by Gasteiger charge is -2.19. The minimum absolute atomic E-state index is 0.0507. The molecule has 1 aromatic rings. The molecule has 0 fully saturated rings. The molecule has 0 amide bonds. The first-order valence-electron chi connectivity index (χ1n) is 8.33. The molecule has 24 heavy (non-hydrogen) atoms. The predicted octanol–water partition coefficient (Wildman–Crippen LogP) is 2.16. The van der Waals surface area contributed by atoms with Crippen LogP contribution < -0.4 is 4.74 Å². The normalized spacial score (nSPS) is 12.8. The van der Waals surface area contributed by atoms with Crippen molar-refractivity contribution >= 4 is 26.6 Å². The van der Waals surface area contributed by atoms with Crippen LogP contribution >= 0.6 is 11.8 Å². The number of likely N-dealkylation sites (N-methyl/N-ethyl adjacent to an activating group) is 1. The lowest BCUT2D eigenvalue weighted by atomic mass is 10.3. The Morgan fingerprint density at radius 2 is 2.04 bits per heavy atom. The summed E-state index contributed by atoms with van der Waals surface area (Å²) in [5.74, 6) is 1.49. The van der Waals surface area contributed by atoms with E-state index in [1.54, 1.807) is 0 Å². The van der Waals surface area contributed by atoms with Crippen LogP contribution in [0.4, 0.5) is 0 Å². The maximum atomic E-state index is 11.8. The summed E-state index contributed by atoms with van der Waals surface area (Å²) in [7, 11) is 3.54. The van der Waals surface area contributed by atoms with Gasteiger partial charge in [0, 0.05) is 12.3 Å². The van der Waals surface area contributed by atoms with Crippen LogP contribution in [0.2, 0.25) is 6.55 Å². The molecule has 0 bridgehead atoms. The Hall–Kier alpha value is -0.863. The standard InChI is InChI=1S/C17H29NO4SSi/c1-18(2)11-12-20-17(22-24-3)10-7-13-23-16(19)14-21-15-8-5-4-6-9-15/h4-6,8-9,17H,7,10-14,24H2,1-3H3. The Balaban J connectivity index is 2.11. The van der Waals surface area contributed by atoms with Crippen molar-refractivity contribution in [1.82, 2.24) is 4.90 Å². The zero-order valence-electron chi connectivity index (χ0n) is 14.9. The van der Waals surface area contributed by atoms with E-state index in [0.29, 0.717) is 6.61 Å². The van der Waals surface area contributed by atoms with E-state index in [-0.39, 0.29) is 18.0 Å². The number of nitrogens with zero attached hydrogens (tertiary/aromatic N) is 1. The smallest absolute Gasteiger partial charge is 0.226 e. The topological polar surface area (TPSA) is 48.0 Å². The maximum absolute atomic E-state index is 11.8. The van der Waals surface area contributed by atoms with E-state index in [1.165, 1.54) is 11.8 Å². The van der Waals surface area contributed by atoms with E-state index in [0.717, 1.165) is 30.9 Å².